The normalized spacial score (nSPS) is 13.0. The molecule has 2 atom stereocenters. The minimum absolute atomic E-state index is 0.0702. The summed E-state index contributed by atoms with van der Waals surface area (Å²) in [6, 6.07) is 18.0. The Balaban J connectivity index is 1.96. The molecule has 2 rings (SSSR count). The van der Waals surface area contributed by atoms with E-state index in [2.05, 4.69) is 27.7 Å². The van der Waals surface area contributed by atoms with Crippen molar-refractivity contribution in [2.75, 3.05) is 20.6 Å². The van der Waals surface area contributed by atoms with Crippen LogP contribution in [0.2, 0.25) is 0 Å². The molecular formula is C23H31N3O2. The number of carbonyl (C=O) groups excluding carboxylic acids is 2. The molecule has 150 valence electrons. The molecule has 5 nitrogen and oxygen atoms in total. The second-order valence-corrected chi connectivity index (χ2v) is 7.48. The molecule has 28 heavy (non-hydrogen) atoms. The van der Waals surface area contributed by atoms with E-state index in [4.69, 9.17) is 0 Å². The first kappa shape index (κ1) is 21.6. The van der Waals surface area contributed by atoms with E-state index in [-0.39, 0.29) is 30.3 Å². The average molecular weight is 382 g/mol. The molecule has 0 fully saturated rings. The topological polar surface area (TPSA) is 61.4 Å². The first-order chi connectivity index (χ1) is 13.3. The van der Waals surface area contributed by atoms with Gasteiger partial charge in [-0.15, -0.1) is 0 Å². The molecule has 2 aromatic rings. The van der Waals surface area contributed by atoms with Gasteiger partial charge in [-0.05, 0) is 38.6 Å². The molecular weight excluding hydrogens is 350 g/mol. The summed E-state index contributed by atoms with van der Waals surface area (Å²) in [7, 11) is 4.04. The summed E-state index contributed by atoms with van der Waals surface area (Å²) in [5, 5.41) is 5.92. The van der Waals surface area contributed by atoms with Crippen molar-refractivity contribution in [2.24, 2.45) is 0 Å². The highest BCUT2D eigenvalue weighted by molar-refractivity contribution is 5.79. The Morgan fingerprint density at radius 1 is 1.00 bits per heavy atom. The minimum Gasteiger partial charge on any atom is -0.354 e. The molecule has 0 aromatic heterocycles. The summed E-state index contributed by atoms with van der Waals surface area (Å²) < 4.78 is 0. The lowest BCUT2D eigenvalue weighted by atomic mass is 10.0. The van der Waals surface area contributed by atoms with Crippen LogP contribution in [0.15, 0.2) is 54.6 Å². The number of carbonyl (C=O) groups is 2. The van der Waals surface area contributed by atoms with Crippen molar-refractivity contribution in [1.82, 2.24) is 15.5 Å². The van der Waals surface area contributed by atoms with Gasteiger partial charge >= 0.3 is 0 Å². The Bertz CT molecular complexity index is 757. The minimum atomic E-state index is -0.329. The van der Waals surface area contributed by atoms with Gasteiger partial charge in [-0.2, -0.15) is 0 Å². The first-order valence-corrected chi connectivity index (χ1v) is 9.66. The highest BCUT2D eigenvalue weighted by Crippen LogP contribution is 2.17. The first-order valence-electron chi connectivity index (χ1n) is 9.66. The van der Waals surface area contributed by atoms with Crippen LogP contribution in [-0.4, -0.2) is 43.4 Å². The smallest absolute Gasteiger partial charge is 0.222 e. The van der Waals surface area contributed by atoms with Crippen molar-refractivity contribution in [2.45, 2.75) is 38.8 Å². The number of nitrogens with zero attached hydrogens (tertiary/aromatic N) is 1. The maximum atomic E-state index is 12.6. The zero-order valence-corrected chi connectivity index (χ0v) is 17.2. The van der Waals surface area contributed by atoms with Gasteiger partial charge in [0.2, 0.25) is 11.8 Å². The zero-order chi connectivity index (χ0) is 20.5. The van der Waals surface area contributed by atoms with E-state index in [1.807, 2.05) is 63.5 Å². The monoisotopic (exact) mass is 381 g/mol. The molecule has 0 aliphatic carbocycles. The number of nitrogens with one attached hydrogen (secondary N) is 2. The lowest BCUT2D eigenvalue weighted by molar-refractivity contribution is -0.123. The van der Waals surface area contributed by atoms with Crippen molar-refractivity contribution in [3.05, 3.63) is 71.3 Å². The van der Waals surface area contributed by atoms with Crippen LogP contribution in [0.1, 0.15) is 36.1 Å². The van der Waals surface area contributed by atoms with Gasteiger partial charge in [-0.25, -0.2) is 0 Å². The second kappa shape index (κ2) is 10.6. The van der Waals surface area contributed by atoms with Crippen molar-refractivity contribution in [3.8, 4) is 0 Å². The summed E-state index contributed by atoms with van der Waals surface area (Å²) in [6.07, 6.45) is 1.08. The van der Waals surface area contributed by atoms with E-state index >= 15 is 0 Å². The highest BCUT2D eigenvalue weighted by atomic mass is 16.2. The molecule has 2 aromatic carbocycles. The molecule has 0 bridgehead atoms. The predicted octanol–water partition coefficient (Wildman–Crippen LogP) is 2.85. The van der Waals surface area contributed by atoms with E-state index in [0.717, 1.165) is 17.5 Å². The number of benzene rings is 2. The van der Waals surface area contributed by atoms with Crippen molar-refractivity contribution < 1.29 is 9.59 Å². The van der Waals surface area contributed by atoms with Gasteiger partial charge in [0.1, 0.15) is 0 Å². The van der Waals surface area contributed by atoms with Gasteiger partial charge in [-0.1, -0.05) is 60.2 Å². The van der Waals surface area contributed by atoms with Crippen LogP contribution in [0.5, 0.6) is 0 Å². The van der Waals surface area contributed by atoms with E-state index in [0.29, 0.717) is 6.54 Å². The molecule has 2 N–H and O–H groups in total. The lowest BCUT2D eigenvalue weighted by Crippen LogP contribution is -2.42. The van der Waals surface area contributed by atoms with E-state index in [1.165, 1.54) is 12.5 Å². The summed E-state index contributed by atoms with van der Waals surface area (Å²) in [4.78, 5) is 26.3. The molecule has 0 saturated carbocycles. The number of likely N-dealkylation sites (N-methyl/N-ethyl adjacent to an activating group) is 1. The number of amides is 2. The van der Waals surface area contributed by atoms with E-state index in [1.54, 1.807) is 0 Å². The van der Waals surface area contributed by atoms with Gasteiger partial charge in [-0.3, -0.25) is 9.59 Å². The van der Waals surface area contributed by atoms with Gasteiger partial charge in [0, 0.05) is 19.5 Å². The lowest BCUT2D eigenvalue weighted by Gasteiger charge is -2.25. The van der Waals surface area contributed by atoms with Crippen LogP contribution in [0, 0.1) is 6.92 Å². The number of rotatable bonds is 9. The zero-order valence-electron chi connectivity index (χ0n) is 17.2. The van der Waals surface area contributed by atoms with Gasteiger partial charge in [0.05, 0.1) is 12.5 Å². The van der Waals surface area contributed by atoms with Gasteiger partial charge in [0.25, 0.3) is 0 Å². The Morgan fingerprint density at radius 2 is 1.64 bits per heavy atom. The van der Waals surface area contributed by atoms with Crippen LogP contribution in [0.4, 0.5) is 0 Å². The number of aryl methyl sites for hydroxylation is 1. The third-order valence-electron chi connectivity index (χ3n) is 4.83. The quantitative estimate of drug-likeness (QED) is 0.702. The number of hydrogen-bond donors (Lipinski definition) is 2. The Labute approximate surface area is 168 Å². The largest absolute Gasteiger partial charge is 0.354 e. The van der Waals surface area contributed by atoms with Crippen molar-refractivity contribution in [3.63, 3.8) is 0 Å². The molecule has 0 aliphatic rings. The highest BCUT2D eigenvalue weighted by Gasteiger charge is 2.19. The molecule has 2 unspecified atom stereocenters. The second-order valence-electron chi connectivity index (χ2n) is 7.48. The maximum Gasteiger partial charge on any atom is 0.222 e. The molecule has 0 spiro atoms. The Hall–Kier alpha value is -2.66. The van der Waals surface area contributed by atoms with Crippen molar-refractivity contribution in [1.29, 1.82) is 0 Å². The molecule has 0 saturated heterocycles. The van der Waals surface area contributed by atoms with E-state index in [9.17, 15) is 9.59 Å². The van der Waals surface area contributed by atoms with Crippen LogP contribution in [0.25, 0.3) is 0 Å². The third kappa shape index (κ3) is 7.16. The molecule has 0 radical (unpaired) electrons. The van der Waals surface area contributed by atoms with Gasteiger partial charge < -0.3 is 15.5 Å². The van der Waals surface area contributed by atoms with Crippen LogP contribution >= 0.6 is 0 Å². The fraction of sp³-hybridized carbons (Fsp3) is 0.391. The molecule has 0 aliphatic heterocycles. The Morgan fingerprint density at radius 3 is 2.21 bits per heavy atom. The fourth-order valence-corrected chi connectivity index (χ4v) is 3.11. The third-order valence-corrected chi connectivity index (χ3v) is 4.83. The average Bonchev–Trinajstić information content (AvgIpc) is 2.65. The van der Waals surface area contributed by atoms with E-state index < -0.39 is 0 Å². The maximum absolute atomic E-state index is 12.6. The summed E-state index contributed by atoms with van der Waals surface area (Å²) in [5.41, 5.74) is 3.32. The summed E-state index contributed by atoms with van der Waals surface area (Å²) in [5.74, 6) is -0.215. The molecule has 5 heteroatoms. The summed E-state index contributed by atoms with van der Waals surface area (Å²) >= 11 is 0. The van der Waals surface area contributed by atoms with Crippen LogP contribution in [-0.2, 0) is 16.0 Å². The summed E-state index contributed by atoms with van der Waals surface area (Å²) in [6.45, 7) is 4.04. The fourth-order valence-electron chi connectivity index (χ4n) is 3.11. The molecule has 0 heterocycles. The van der Waals surface area contributed by atoms with Crippen LogP contribution in [0.3, 0.4) is 0 Å². The predicted molar refractivity (Wildman–Crippen MR) is 113 cm³/mol. The van der Waals surface area contributed by atoms with Crippen LogP contribution < -0.4 is 10.6 Å². The standard InChI is InChI=1S/C23H31N3O2/c1-17-10-12-20(13-11-17)22(25-18(2)27)15-23(28)24-16-21(26(3)4)14-19-8-6-5-7-9-19/h5-13,21-22H,14-16H2,1-4H3,(H,24,28)(H,25,27). The van der Waals surface area contributed by atoms with Crippen molar-refractivity contribution >= 4 is 11.8 Å². The Kier molecular flexibility index (Phi) is 8.20. The SMILES string of the molecule is CC(=O)NC(CC(=O)NCC(Cc1ccccc1)N(C)C)c1ccc(C)cc1. The van der Waals surface area contributed by atoms with Gasteiger partial charge in [0.15, 0.2) is 0 Å². The molecule has 2 amide bonds. The number of hydrogen-bond acceptors (Lipinski definition) is 3.